The number of benzene rings is 4. The first-order valence-electron chi connectivity index (χ1n) is 14.6. The average molecular weight is 558 g/mol. The van der Waals surface area contributed by atoms with Crippen LogP contribution in [0.25, 0.3) is 32.7 Å². The summed E-state index contributed by atoms with van der Waals surface area (Å²) in [5, 5.41) is 0. The third-order valence-electron chi connectivity index (χ3n) is 9.23. The van der Waals surface area contributed by atoms with Crippen molar-refractivity contribution < 1.29 is 0 Å². The highest BCUT2D eigenvalue weighted by Crippen LogP contribution is 2.62. The first kappa shape index (κ1) is 25.2. The Morgan fingerprint density at radius 2 is 1.26 bits per heavy atom. The molecule has 2 aliphatic heterocycles. The summed E-state index contributed by atoms with van der Waals surface area (Å²) >= 11 is 1.93. The van der Waals surface area contributed by atoms with Crippen LogP contribution in [0.3, 0.4) is 0 Å². The molecule has 202 valence electrons. The van der Waals surface area contributed by atoms with Gasteiger partial charge >= 0.3 is 0 Å². The second kappa shape index (κ2) is 8.96. The van der Waals surface area contributed by atoms with Crippen molar-refractivity contribution in [1.29, 1.82) is 0 Å². The molecule has 0 N–H and O–H groups in total. The smallest absolute Gasteiger partial charge is 0.0616 e. The van der Waals surface area contributed by atoms with Crippen LogP contribution in [0.1, 0.15) is 49.3 Å². The molecule has 0 radical (unpaired) electrons. The number of hydrogen-bond acceptors (Lipinski definition) is 2. The summed E-state index contributed by atoms with van der Waals surface area (Å²) in [6, 6.07) is 48.5. The summed E-state index contributed by atoms with van der Waals surface area (Å²) in [5.41, 5.74) is 13.8. The molecule has 0 amide bonds. The summed E-state index contributed by atoms with van der Waals surface area (Å²) in [4.78, 5) is 5.24. The van der Waals surface area contributed by atoms with Crippen molar-refractivity contribution in [2.75, 3.05) is 4.90 Å². The first-order chi connectivity index (χ1) is 20.3. The van der Waals surface area contributed by atoms with Gasteiger partial charge in [0.1, 0.15) is 0 Å². The van der Waals surface area contributed by atoms with Gasteiger partial charge in [-0.3, -0.25) is 0 Å². The Kier molecular flexibility index (Phi) is 5.37. The maximum atomic E-state index is 3.33. The summed E-state index contributed by atoms with van der Waals surface area (Å²) in [6.07, 6.45) is 0. The van der Waals surface area contributed by atoms with E-state index in [-0.39, 0.29) is 10.8 Å². The minimum atomic E-state index is -0.121. The van der Waals surface area contributed by atoms with E-state index in [1.54, 1.807) is 0 Å². The molecule has 8 rings (SSSR count). The highest BCUT2D eigenvalue weighted by atomic mass is 32.1. The van der Waals surface area contributed by atoms with Crippen LogP contribution in [-0.2, 0) is 10.8 Å². The molecule has 3 heterocycles. The van der Waals surface area contributed by atoms with Crippen molar-refractivity contribution in [1.82, 2.24) is 0 Å². The summed E-state index contributed by atoms with van der Waals surface area (Å²) in [7, 11) is 0. The predicted octanol–water partition coefficient (Wildman–Crippen LogP) is 11.1. The second-order valence-corrected chi connectivity index (χ2v) is 13.6. The van der Waals surface area contributed by atoms with Crippen molar-refractivity contribution in [2.24, 2.45) is 0 Å². The highest BCUT2D eigenvalue weighted by Gasteiger charge is 2.46. The van der Waals surface area contributed by atoms with Crippen LogP contribution >= 0.6 is 11.3 Å². The molecule has 1 nitrogen and oxygen atoms in total. The maximum absolute atomic E-state index is 3.33. The van der Waals surface area contributed by atoms with Gasteiger partial charge in [-0.15, -0.1) is 11.3 Å². The Morgan fingerprint density at radius 1 is 0.571 bits per heavy atom. The molecule has 0 bridgehead atoms. The number of thiophene rings is 1. The van der Waals surface area contributed by atoms with Gasteiger partial charge in [0, 0.05) is 26.1 Å². The number of anilines is 3. The zero-order valence-corrected chi connectivity index (χ0v) is 25.1. The van der Waals surface area contributed by atoms with E-state index in [0.717, 1.165) is 11.1 Å². The van der Waals surface area contributed by atoms with Gasteiger partial charge in [0.25, 0.3) is 0 Å². The van der Waals surface area contributed by atoms with E-state index in [9.17, 15) is 0 Å². The lowest BCUT2D eigenvalue weighted by molar-refractivity contribution is 0.604. The number of nitrogens with zero attached hydrogens (tertiary/aromatic N) is 1. The zero-order valence-electron chi connectivity index (χ0n) is 24.3. The van der Waals surface area contributed by atoms with Gasteiger partial charge in [-0.05, 0) is 81.4 Å². The molecule has 0 aliphatic carbocycles. The molecule has 0 spiro atoms. The molecule has 6 aromatic rings. The van der Waals surface area contributed by atoms with E-state index >= 15 is 0 Å². The number of para-hydroxylation sites is 2. The minimum absolute atomic E-state index is 0.0764. The van der Waals surface area contributed by atoms with E-state index in [2.05, 4.69) is 148 Å². The average Bonchev–Trinajstić information content (AvgIpc) is 3.48. The summed E-state index contributed by atoms with van der Waals surface area (Å²) in [6.45, 7) is 9.53. The SMILES string of the molecule is CC1(C)c2ccccc2N2c3cc(-c4cc(-c5c#cccc5)cc(-c5ccccc5)c4)sc3C(C)(C)c3cccc1c32. The van der Waals surface area contributed by atoms with E-state index in [0.29, 0.717) is 0 Å². The van der Waals surface area contributed by atoms with Gasteiger partial charge in [-0.25, -0.2) is 0 Å². The van der Waals surface area contributed by atoms with Gasteiger partial charge in [-0.1, -0.05) is 113 Å². The molecule has 5 aromatic carbocycles. The van der Waals surface area contributed by atoms with E-state index < -0.39 is 0 Å². The maximum Gasteiger partial charge on any atom is 0.0616 e. The standard InChI is InChI=1S/C40H31NS/c1-39(2)31-18-11-12-21-34(31)41-35-25-36(42-38(35)40(3,4)33-20-13-19-32(39)37(33)41)30-23-28(26-14-7-5-8-15-26)22-29(24-30)27-16-9-6-10-17-27/h5-9,11-16,18-25H,1-4H3. The van der Waals surface area contributed by atoms with Gasteiger partial charge in [0.15, 0.2) is 0 Å². The van der Waals surface area contributed by atoms with Crippen LogP contribution in [0.15, 0.2) is 115 Å². The van der Waals surface area contributed by atoms with Crippen molar-refractivity contribution in [3.8, 4) is 32.7 Å². The van der Waals surface area contributed by atoms with E-state index in [1.165, 1.54) is 60.2 Å². The third-order valence-corrected chi connectivity index (χ3v) is 10.7. The normalized spacial score (nSPS) is 15.3. The molecule has 0 saturated heterocycles. The van der Waals surface area contributed by atoms with Crippen molar-refractivity contribution in [2.45, 2.75) is 38.5 Å². The van der Waals surface area contributed by atoms with Crippen LogP contribution in [-0.4, -0.2) is 0 Å². The fraction of sp³-hybridized carbons (Fsp3) is 0.150. The highest BCUT2D eigenvalue weighted by molar-refractivity contribution is 7.16. The summed E-state index contributed by atoms with van der Waals surface area (Å²) in [5.74, 6) is 0. The number of rotatable bonds is 3. The Bertz CT molecular complexity index is 1920. The van der Waals surface area contributed by atoms with Crippen LogP contribution in [0.5, 0.6) is 0 Å². The molecule has 0 saturated carbocycles. The fourth-order valence-electron chi connectivity index (χ4n) is 7.01. The molecule has 0 fully saturated rings. The lowest BCUT2D eigenvalue weighted by Gasteiger charge is -2.48. The van der Waals surface area contributed by atoms with Gasteiger partial charge in [-0.2, -0.15) is 0 Å². The number of hydrogen-bond donors (Lipinski definition) is 0. The number of fused-ring (bicyclic) bond motifs is 4. The molecule has 2 heteroatoms. The van der Waals surface area contributed by atoms with Crippen molar-refractivity contribution in [3.05, 3.63) is 149 Å². The Hall–Kier alpha value is -4.58. The monoisotopic (exact) mass is 557 g/mol. The molecule has 42 heavy (non-hydrogen) atoms. The first-order valence-corrected chi connectivity index (χ1v) is 15.4. The molecular weight excluding hydrogens is 527 g/mol. The minimum Gasteiger partial charge on any atom is -0.308 e. The quantitative estimate of drug-likeness (QED) is 0.209. The summed E-state index contributed by atoms with van der Waals surface area (Å²) < 4.78 is 0. The van der Waals surface area contributed by atoms with E-state index in [4.69, 9.17) is 0 Å². The molecule has 0 unspecified atom stereocenters. The van der Waals surface area contributed by atoms with Crippen LogP contribution in [0, 0.1) is 12.1 Å². The predicted molar refractivity (Wildman–Crippen MR) is 177 cm³/mol. The topological polar surface area (TPSA) is 3.24 Å². The Labute approximate surface area is 252 Å². The molecular formula is C40H31NS. The van der Waals surface area contributed by atoms with Crippen LogP contribution < -0.4 is 4.90 Å². The second-order valence-electron chi connectivity index (χ2n) is 12.5. The third kappa shape index (κ3) is 3.57. The van der Waals surface area contributed by atoms with Crippen LogP contribution in [0.2, 0.25) is 0 Å². The zero-order chi connectivity index (χ0) is 28.6. The fourth-order valence-corrected chi connectivity index (χ4v) is 8.26. The molecule has 1 aromatic heterocycles. The lowest BCUT2D eigenvalue weighted by Crippen LogP contribution is -2.37. The van der Waals surface area contributed by atoms with Gasteiger partial charge in [0.05, 0.1) is 17.1 Å². The Balaban J connectivity index is 1.37. The lowest BCUT2D eigenvalue weighted by atomic mass is 9.68. The largest absolute Gasteiger partial charge is 0.308 e. The van der Waals surface area contributed by atoms with Gasteiger partial charge < -0.3 is 4.90 Å². The van der Waals surface area contributed by atoms with Crippen molar-refractivity contribution >= 4 is 28.4 Å². The molecule has 0 atom stereocenters. The van der Waals surface area contributed by atoms with Crippen LogP contribution in [0.4, 0.5) is 17.1 Å². The molecule has 2 aliphatic rings. The Morgan fingerprint density at radius 3 is 2.05 bits per heavy atom. The van der Waals surface area contributed by atoms with Crippen molar-refractivity contribution in [3.63, 3.8) is 0 Å². The van der Waals surface area contributed by atoms with Gasteiger partial charge in [0.2, 0.25) is 0 Å². The van der Waals surface area contributed by atoms with E-state index in [1.807, 2.05) is 23.5 Å².